The van der Waals surface area contributed by atoms with Gasteiger partial charge in [-0.05, 0) is 24.6 Å². The third kappa shape index (κ3) is 4.06. The van der Waals surface area contributed by atoms with Crippen molar-refractivity contribution in [3.63, 3.8) is 0 Å². The summed E-state index contributed by atoms with van der Waals surface area (Å²) in [5.41, 5.74) is 1.46. The van der Waals surface area contributed by atoms with Crippen LogP contribution in [0.25, 0.3) is 5.65 Å². The number of pyridine rings is 1. The Labute approximate surface area is 149 Å². The summed E-state index contributed by atoms with van der Waals surface area (Å²) >= 11 is 5.94. The lowest BCUT2D eigenvalue weighted by Crippen LogP contribution is -2.29. The van der Waals surface area contributed by atoms with Gasteiger partial charge in [0.15, 0.2) is 0 Å². The van der Waals surface area contributed by atoms with Crippen LogP contribution in [0, 0.1) is 0 Å². The van der Waals surface area contributed by atoms with Crippen molar-refractivity contribution >= 4 is 23.2 Å². The Hall–Kier alpha value is -2.67. The third-order valence-electron chi connectivity index (χ3n) is 3.72. The largest absolute Gasteiger partial charge is 0.345 e. The predicted molar refractivity (Wildman–Crippen MR) is 94.8 cm³/mol. The van der Waals surface area contributed by atoms with Crippen molar-refractivity contribution in [3.05, 3.63) is 63.4 Å². The maximum absolute atomic E-state index is 12.3. The van der Waals surface area contributed by atoms with Crippen LogP contribution in [0.5, 0.6) is 0 Å². The summed E-state index contributed by atoms with van der Waals surface area (Å²) in [6, 6.07) is 6.36. The van der Waals surface area contributed by atoms with Crippen LogP contribution >= 0.6 is 11.6 Å². The first-order chi connectivity index (χ1) is 12.1. The van der Waals surface area contributed by atoms with Crippen LogP contribution in [0.15, 0.2) is 41.5 Å². The van der Waals surface area contributed by atoms with Crippen LogP contribution in [-0.2, 0) is 13.1 Å². The molecule has 1 amide bonds. The molecule has 0 aliphatic rings. The average Bonchev–Trinajstić information content (AvgIpc) is 3.01. The molecule has 0 unspecified atom stereocenters. The smallest absolute Gasteiger partial charge is 0.272 e. The normalized spacial score (nSPS) is 11.0. The van der Waals surface area contributed by atoms with Crippen molar-refractivity contribution in [2.75, 3.05) is 0 Å². The quantitative estimate of drug-likeness (QED) is 0.732. The van der Waals surface area contributed by atoms with Crippen molar-refractivity contribution in [1.82, 2.24) is 24.5 Å². The van der Waals surface area contributed by atoms with Crippen LogP contribution in [-0.4, -0.2) is 25.1 Å². The minimum Gasteiger partial charge on any atom is -0.345 e. The van der Waals surface area contributed by atoms with Gasteiger partial charge in [0, 0.05) is 25.0 Å². The summed E-state index contributed by atoms with van der Waals surface area (Å²) in [5, 5.41) is 7.50. The Morgan fingerprint density at radius 3 is 2.88 bits per heavy atom. The van der Waals surface area contributed by atoms with Gasteiger partial charge >= 0.3 is 0 Å². The van der Waals surface area contributed by atoms with Crippen molar-refractivity contribution in [2.45, 2.75) is 32.9 Å². The van der Waals surface area contributed by atoms with E-state index in [2.05, 4.69) is 15.4 Å². The number of rotatable bonds is 6. The maximum Gasteiger partial charge on any atom is 0.272 e. The minimum absolute atomic E-state index is 0.206. The van der Waals surface area contributed by atoms with E-state index in [9.17, 15) is 9.59 Å². The number of unbranched alkanes of at least 4 members (excludes halogenated alkanes) is 1. The molecule has 0 aliphatic heterocycles. The molecule has 25 heavy (non-hydrogen) atoms. The molecule has 0 radical (unpaired) electrons. The second kappa shape index (κ2) is 7.48. The number of carbonyl (C=O) groups excluding carboxylic acids is 1. The fraction of sp³-hybridized carbons (Fsp3) is 0.294. The summed E-state index contributed by atoms with van der Waals surface area (Å²) < 4.78 is 3.12. The SMILES string of the molecule is CCCCn1nc(C(=O)NCc2cn3cc(Cl)ccc3n2)ccc1=O. The molecule has 0 spiro atoms. The van der Waals surface area contributed by atoms with Gasteiger partial charge in [-0.2, -0.15) is 5.10 Å². The fourth-order valence-electron chi connectivity index (χ4n) is 2.40. The number of hydrogen-bond donors (Lipinski definition) is 1. The van der Waals surface area contributed by atoms with E-state index in [1.54, 1.807) is 28.9 Å². The highest BCUT2D eigenvalue weighted by Gasteiger charge is 2.10. The maximum atomic E-state index is 12.3. The summed E-state index contributed by atoms with van der Waals surface area (Å²) in [4.78, 5) is 28.4. The van der Waals surface area contributed by atoms with Crippen molar-refractivity contribution < 1.29 is 4.79 Å². The van der Waals surface area contributed by atoms with E-state index in [4.69, 9.17) is 11.6 Å². The summed E-state index contributed by atoms with van der Waals surface area (Å²) in [5.74, 6) is -0.347. The summed E-state index contributed by atoms with van der Waals surface area (Å²) in [7, 11) is 0. The average molecular weight is 360 g/mol. The van der Waals surface area contributed by atoms with Gasteiger partial charge in [0.2, 0.25) is 0 Å². The van der Waals surface area contributed by atoms with E-state index < -0.39 is 0 Å². The first-order valence-electron chi connectivity index (χ1n) is 8.06. The Balaban J connectivity index is 1.70. The second-order valence-corrected chi connectivity index (χ2v) is 6.10. The van der Waals surface area contributed by atoms with Crippen LogP contribution in [0.4, 0.5) is 0 Å². The van der Waals surface area contributed by atoms with E-state index in [1.165, 1.54) is 16.8 Å². The van der Waals surface area contributed by atoms with Gasteiger partial charge in [0.25, 0.3) is 11.5 Å². The standard InChI is InChI=1S/C17H18ClN5O2/c1-2-3-8-23-16(24)7-5-14(21-23)17(25)19-9-13-11-22-10-12(18)4-6-15(22)20-13/h4-7,10-11H,2-3,8-9H2,1H3,(H,19,25). The van der Waals surface area contributed by atoms with E-state index in [0.717, 1.165) is 18.5 Å². The zero-order valence-electron chi connectivity index (χ0n) is 13.8. The molecule has 3 aromatic heterocycles. The first-order valence-corrected chi connectivity index (χ1v) is 8.44. The lowest BCUT2D eigenvalue weighted by Gasteiger charge is -2.06. The molecule has 3 aromatic rings. The third-order valence-corrected chi connectivity index (χ3v) is 3.94. The number of nitrogens with zero attached hydrogens (tertiary/aromatic N) is 4. The van der Waals surface area contributed by atoms with E-state index >= 15 is 0 Å². The summed E-state index contributed by atoms with van der Waals surface area (Å²) in [6.45, 7) is 2.79. The molecule has 0 bridgehead atoms. The Bertz CT molecular complexity index is 963. The number of nitrogens with one attached hydrogen (secondary N) is 1. The molecule has 0 atom stereocenters. The van der Waals surface area contributed by atoms with Crippen LogP contribution in [0.2, 0.25) is 5.02 Å². The van der Waals surface area contributed by atoms with E-state index in [-0.39, 0.29) is 23.7 Å². The monoisotopic (exact) mass is 359 g/mol. The molecule has 0 saturated heterocycles. The second-order valence-electron chi connectivity index (χ2n) is 5.66. The Morgan fingerprint density at radius 1 is 1.24 bits per heavy atom. The van der Waals surface area contributed by atoms with Gasteiger partial charge < -0.3 is 9.72 Å². The van der Waals surface area contributed by atoms with E-state index in [1.807, 2.05) is 6.92 Å². The van der Waals surface area contributed by atoms with Crippen molar-refractivity contribution in [1.29, 1.82) is 0 Å². The number of amides is 1. The first kappa shape index (κ1) is 17.2. The molecule has 3 rings (SSSR count). The highest BCUT2D eigenvalue weighted by molar-refractivity contribution is 6.30. The van der Waals surface area contributed by atoms with E-state index in [0.29, 0.717) is 17.3 Å². The molecule has 0 saturated carbocycles. The molecule has 130 valence electrons. The zero-order valence-corrected chi connectivity index (χ0v) is 14.5. The topological polar surface area (TPSA) is 81.3 Å². The molecule has 3 heterocycles. The van der Waals surface area contributed by atoms with Crippen molar-refractivity contribution in [2.24, 2.45) is 0 Å². The lowest BCUT2D eigenvalue weighted by molar-refractivity contribution is 0.0943. The Kier molecular flexibility index (Phi) is 5.14. The van der Waals surface area contributed by atoms with Crippen LogP contribution in [0.3, 0.4) is 0 Å². The minimum atomic E-state index is -0.347. The van der Waals surface area contributed by atoms with Gasteiger partial charge in [-0.25, -0.2) is 9.67 Å². The number of aromatic nitrogens is 4. The number of fused-ring (bicyclic) bond motifs is 1. The lowest BCUT2D eigenvalue weighted by atomic mass is 10.3. The highest BCUT2D eigenvalue weighted by atomic mass is 35.5. The highest BCUT2D eigenvalue weighted by Crippen LogP contribution is 2.11. The molecule has 0 aliphatic carbocycles. The van der Waals surface area contributed by atoms with Crippen LogP contribution in [0.1, 0.15) is 35.9 Å². The summed E-state index contributed by atoms with van der Waals surface area (Å²) in [6.07, 6.45) is 5.34. The predicted octanol–water partition coefficient (Wildman–Crippen LogP) is 2.27. The van der Waals surface area contributed by atoms with Crippen molar-refractivity contribution in [3.8, 4) is 0 Å². The molecule has 0 aromatic carbocycles. The van der Waals surface area contributed by atoms with Gasteiger partial charge in [0.05, 0.1) is 17.3 Å². The number of carbonyl (C=O) groups is 1. The Morgan fingerprint density at radius 2 is 2.08 bits per heavy atom. The number of imidazole rings is 1. The number of hydrogen-bond acceptors (Lipinski definition) is 4. The fourth-order valence-corrected chi connectivity index (χ4v) is 2.57. The van der Waals surface area contributed by atoms with Gasteiger partial charge in [-0.15, -0.1) is 0 Å². The molecule has 0 fully saturated rings. The van der Waals surface area contributed by atoms with Gasteiger partial charge in [-0.3, -0.25) is 9.59 Å². The van der Waals surface area contributed by atoms with Gasteiger partial charge in [0.1, 0.15) is 11.3 Å². The molecule has 7 nitrogen and oxygen atoms in total. The van der Waals surface area contributed by atoms with Crippen LogP contribution < -0.4 is 10.9 Å². The number of halogens is 1. The number of aryl methyl sites for hydroxylation is 1. The molecular weight excluding hydrogens is 342 g/mol. The van der Waals surface area contributed by atoms with Gasteiger partial charge in [-0.1, -0.05) is 24.9 Å². The molecular formula is C17H18ClN5O2. The molecule has 8 heteroatoms. The zero-order chi connectivity index (χ0) is 17.8. The molecule has 1 N–H and O–H groups in total.